The van der Waals surface area contributed by atoms with Crippen molar-refractivity contribution in [1.29, 1.82) is 0 Å². The number of nitrogens with one attached hydrogen (secondary N) is 1. The molecule has 1 saturated heterocycles. The Balaban J connectivity index is 2.02. The summed E-state index contributed by atoms with van der Waals surface area (Å²) in [6.07, 6.45) is -7.03. The minimum atomic E-state index is -4.68. The number of hydrogen-bond donors (Lipinski definition) is 1. The van der Waals surface area contributed by atoms with Crippen molar-refractivity contribution in [2.24, 2.45) is 0 Å². The lowest BCUT2D eigenvalue weighted by atomic mass is 10.0. The van der Waals surface area contributed by atoms with Crippen molar-refractivity contribution < 1.29 is 27.5 Å². The molecule has 2 atom stereocenters. The van der Waals surface area contributed by atoms with Crippen LogP contribution in [-0.2, 0) is 9.53 Å². The van der Waals surface area contributed by atoms with Crippen LogP contribution < -0.4 is 5.32 Å². The first kappa shape index (κ1) is 23.6. The maximum Gasteiger partial charge on any atom is 0.416 e. The molecule has 1 fully saturated rings. The van der Waals surface area contributed by atoms with Crippen molar-refractivity contribution in [2.75, 3.05) is 20.1 Å². The molecule has 32 heavy (non-hydrogen) atoms. The van der Waals surface area contributed by atoms with Crippen molar-refractivity contribution in [2.45, 2.75) is 25.3 Å². The van der Waals surface area contributed by atoms with E-state index in [1.807, 2.05) is 0 Å². The molecule has 0 saturated carbocycles. The molecule has 0 aromatic carbocycles. The molecule has 1 N–H and O–H groups in total. The highest BCUT2D eigenvalue weighted by atomic mass is 35.5. The van der Waals surface area contributed by atoms with E-state index in [2.05, 4.69) is 26.8 Å². The lowest BCUT2D eigenvalue weighted by Crippen LogP contribution is -2.51. The molecular formula is C20H19ClF3N5O3. The summed E-state index contributed by atoms with van der Waals surface area (Å²) in [5.74, 6) is -0.797. The largest absolute Gasteiger partial charge is 0.416 e. The Kier molecular flexibility index (Phi) is 6.79. The van der Waals surface area contributed by atoms with E-state index < -0.39 is 36.7 Å². The van der Waals surface area contributed by atoms with Crippen LogP contribution in [0.3, 0.4) is 0 Å². The Bertz CT molecular complexity index is 1060. The zero-order valence-corrected chi connectivity index (χ0v) is 17.9. The second-order valence-corrected chi connectivity index (χ2v) is 7.36. The average Bonchev–Trinajstić information content (AvgIpc) is 2.76. The summed E-state index contributed by atoms with van der Waals surface area (Å²) in [5, 5.41) is 2.43. The average molecular weight is 470 g/mol. The molecule has 2 aromatic heterocycles. The van der Waals surface area contributed by atoms with Crippen molar-refractivity contribution in [3.8, 4) is 11.4 Å². The fourth-order valence-electron chi connectivity index (χ4n) is 3.21. The Hall–Kier alpha value is -3.05. The van der Waals surface area contributed by atoms with Gasteiger partial charge < -0.3 is 15.0 Å². The highest BCUT2D eigenvalue weighted by molar-refractivity contribution is 6.29. The van der Waals surface area contributed by atoms with Crippen molar-refractivity contribution in [1.82, 2.24) is 25.2 Å². The van der Waals surface area contributed by atoms with Gasteiger partial charge in [0.15, 0.2) is 6.10 Å². The van der Waals surface area contributed by atoms with Crippen LogP contribution in [0, 0.1) is 6.92 Å². The van der Waals surface area contributed by atoms with Crippen molar-refractivity contribution in [3.63, 3.8) is 0 Å². The van der Waals surface area contributed by atoms with Gasteiger partial charge in [0, 0.05) is 7.05 Å². The highest BCUT2D eigenvalue weighted by Crippen LogP contribution is 2.35. The van der Waals surface area contributed by atoms with Crippen molar-refractivity contribution in [3.05, 3.63) is 53.1 Å². The van der Waals surface area contributed by atoms with Gasteiger partial charge in [-0.2, -0.15) is 13.2 Å². The summed E-state index contributed by atoms with van der Waals surface area (Å²) in [6, 6.07) is 4.21. The lowest BCUT2D eigenvalue weighted by Gasteiger charge is -2.38. The maximum atomic E-state index is 13.4. The molecule has 12 heteroatoms. The molecule has 1 aliphatic rings. The minimum absolute atomic E-state index is 0.0189. The van der Waals surface area contributed by atoms with Gasteiger partial charge in [-0.3, -0.25) is 9.59 Å². The van der Waals surface area contributed by atoms with E-state index >= 15 is 0 Å². The fraction of sp³-hybridized carbons (Fsp3) is 0.350. The molecule has 8 nitrogen and oxygen atoms in total. The number of pyridine rings is 1. The quantitative estimate of drug-likeness (QED) is 0.546. The monoisotopic (exact) mass is 469 g/mol. The van der Waals surface area contributed by atoms with E-state index in [1.165, 1.54) is 25.2 Å². The summed E-state index contributed by atoms with van der Waals surface area (Å²) in [4.78, 5) is 37.5. The smallest absolute Gasteiger partial charge is 0.357 e. The lowest BCUT2D eigenvalue weighted by molar-refractivity contribution is -0.253. The normalized spacial score (nSPS) is 18.9. The van der Waals surface area contributed by atoms with Crippen LogP contribution >= 0.6 is 11.6 Å². The van der Waals surface area contributed by atoms with Gasteiger partial charge in [0.2, 0.25) is 5.91 Å². The molecule has 3 heterocycles. The van der Waals surface area contributed by atoms with Crippen LogP contribution in [0.5, 0.6) is 0 Å². The van der Waals surface area contributed by atoms with Crippen LogP contribution in [0.2, 0.25) is 5.15 Å². The minimum Gasteiger partial charge on any atom is -0.357 e. The van der Waals surface area contributed by atoms with E-state index in [-0.39, 0.29) is 34.3 Å². The Labute approximate surface area is 186 Å². The third-order valence-corrected chi connectivity index (χ3v) is 4.89. The first-order chi connectivity index (χ1) is 15.0. The number of carbonyl (C=O) groups excluding carboxylic acids is 2. The van der Waals surface area contributed by atoms with E-state index in [0.717, 1.165) is 11.0 Å². The third kappa shape index (κ3) is 5.22. The number of aryl methyl sites for hydroxylation is 1. The standard InChI is InChI=1S/C20H19ClF3N5O3/c1-4-18(30)29-8-15(32-16(9-29)20(22,23)24)11-5-12(28-17(21)6-11)13-7-14(19(31)25-3)27-10(2)26-13/h4-7,15-16H,1,8-9H2,2-3H3,(H,25,31)/t15?,16-/m1/s1. The molecule has 0 aliphatic carbocycles. The van der Waals surface area contributed by atoms with Gasteiger partial charge in [0.05, 0.1) is 24.5 Å². The van der Waals surface area contributed by atoms with Gasteiger partial charge in [-0.15, -0.1) is 0 Å². The van der Waals surface area contributed by atoms with Gasteiger partial charge in [-0.05, 0) is 36.8 Å². The molecular weight excluding hydrogens is 451 g/mol. The number of ether oxygens (including phenoxy) is 1. The van der Waals surface area contributed by atoms with Gasteiger partial charge in [-0.1, -0.05) is 18.2 Å². The second kappa shape index (κ2) is 9.21. The predicted octanol–water partition coefficient (Wildman–Crippen LogP) is 2.88. The number of halogens is 4. The third-order valence-electron chi connectivity index (χ3n) is 4.70. The molecule has 3 rings (SSSR count). The highest BCUT2D eigenvalue weighted by Gasteiger charge is 2.47. The van der Waals surface area contributed by atoms with E-state index in [9.17, 15) is 22.8 Å². The van der Waals surface area contributed by atoms with Crippen LogP contribution in [-0.4, -0.2) is 64.1 Å². The van der Waals surface area contributed by atoms with Gasteiger partial charge in [0.1, 0.15) is 22.8 Å². The number of amides is 2. The molecule has 0 bridgehead atoms. The summed E-state index contributed by atoms with van der Waals surface area (Å²) >= 11 is 6.13. The zero-order chi connectivity index (χ0) is 23.6. The van der Waals surface area contributed by atoms with Crippen LogP contribution in [0.1, 0.15) is 28.0 Å². The number of hydrogen-bond acceptors (Lipinski definition) is 6. The summed E-state index contributed by atoms with van der Waals surface area (Å²) in [7, 11) is 1.45. The van der Waals surface area contributed by atoms with E-state index in [4.69, 9.17) is 16.3 Å². The molecule has 1 aliphatic heterocycles. The molecule has 1 unspecified atom stereocenters. The first-order valence-corrected chi connectivity index (χ1v) is 9.78. The van der Waals surface area contributed by atoms with E-state index in [0.29, 0.717) is 5.82 Å². The molecule has 2 amide bonds. The topological polar surface area (TPSA) is 97.3 Å². The van der Waals surface area contributed by atoms with Gasteiger partial charge >= 0.3 is 6.18 Å². The van der Waals surface area contributed by atoms with Crippen molar-refractivity contribution >= 4 is 23.4 Å². The molecule has 170 valence electrons. The number of rotatable bonds is 4. The number of morpholine rings is 1. The molecule has 0 radical (unpaired) electrons. The Morgan fingerprint density at radius 3 is 2.53 bits per heavy atom. The van der Waals surface area contributed by atoms with Gasteiger partial charge in [0.25, 0.3) is 5.91 Å². The predicted molar refractivity (Wildman–Crippen MR) is 109 cm³/mol. The number of carbonyl (C=O) groups is 2. The van der Waals surface area contributed by atoms with Crippen LogP contribution in [0.25, 0.3) is 11.4 Å². The molecule has 0 spiro atoms. The summed E-state index contributed by atoms with van der Waals surface area (Å²) < 4.78 is 45.5. The number of aromatic nitrogens is 3. The van der Waals surface area contributed by atoms with Crippen LogP contribution in [0.15, 0.2) is 30.9 Å². The first-order valence-electron chi connectivity index (χ1n) is 9.41. The molecule has 2 aromatic rings. The number of nitrogens with zero attached hydrogens (tertiary/aromatic N) is 4. The maximum absolute atomic E-state index is 13.4. The van der Waals surface area contributed by atoms with Crippen LogP contribution in [0.4, 0.5) is 13.2 Å². The van der Waals surface area contributed by atoms with E-state index in [1.54, 1.807) is 6.92 Å². The summed E-state index contributed by atoms with van der Waals surface area (Å²) in [6.45, 7) is 4.14. The zero-order valence-electron chi connectivity index (χ0n) is 17.1. The Morgan fingerprint density at radius 1 is 1.22 bits per heavy atom. The number of alkyl halides is 3. The second-order valence-electron chi connectivity index (χ2n) is 6.98. The Morgan fingerprint density at radius 2 is 1.91 bits per heavy atom. The SMILES string of the molecule is C=CC(=O)N1CC(c2cc(Cl)nc(-c3cc(C(=O)NC)nc(C)n3)c2)O[C@@H](C(F)(F)F)C1. The fourth-order valence-corrected chi connectivity index (χ4v) is 3.43. The summed E-state index contributed by atoms with van der Waals surface area (Å²) in [5.41, 5.74) is 0.824. The van der Waals surface area contributed by atoms with Gasteiger partial charge in [-0.25, -0.2) is 15.0 Å².